The summed E-state index contributed by atoms with van der Waals surface area (Å²) in [4.78, 5) is 11.7. The van der Waals surface area contributed by atoms with Gasteiger partial charge in [0, 0.05) is 11.8 Å². The van der Waals surface area contributed by atoms with Crippen molar-refractivity contribution in [2.45, 2.75) is 37.8 Å². The van der Waals surface area contributed by atoms with Gasteiger partial charge in [-0.1, -0.05) is 26.8 Å². The van der Waals surface area contributed by atoms with Crippen molar-refractivity contribution < 1.29 is 4.92 Å². The highest BCUT2D eigenvalue weighted by Gasteiger charge is 2.22. The average Bonchev–Trinajstić information content (AvgIpc) is 2.29. The molecule has 0 aromatic heterocycles. The van der Waals surface area contributed by atoms with Crippen LogP contribution in [0, 0.1) is 16.0 Å². The second-order valence-corrected chi connectivity index (χ2v) is 5.93. The summed E-state index contributed by atoms with van der Waals surface area (Å²) in [6, 6.07) is 5.44. The van der Waals surface area contributed by atoms with E-state index < -0.39 is 0 Å². The number of nitrogens with one attached hydrogen (secondary N) is 1. The van der Waals surface area contributed by atoms with Gasteiger partial charge in [0.2, 0.25) is 0 Å². The first-order chi connectivity index (χ1) is 8.47. The highest BCUT2D eigenvalue weighted by molar-refractivity contribution is 8.00. The Morgan fingerprint density at radius 3 is 2.56 bits per heavy atom. The molecule has 5 heteroatoms. The van der Waals surface area contributed by atoms with E-state index in [-0.39, 0.29) is 10.6 Å². The smallest absolute Gasteiger partial charge is 0.305 e. The molecule has 0 radical (unpaired) electrons. The van der Waals surface area contributed by atoms with Crippen LogP contribution in [0.15, 0.2) is 23.1 Å². The molecule has 0 fully saturated rings. The quantitative estimate of drug-likeness (QED) is 0.478. The minimum atomic E-state index is -0.298. The molecule has 18 heavy (non-hydrogen) atoms. The van der Waals surface area contributed by atoms with E-state index in [0.29, 0.717) is 23.4 Å². The van der Waals surface area contributed by atoms with Crippen LogP contribution in [0.2, 0.25) is 0 Å². The van der Waals surface area contributed by atoms with Crippen molar-refractivity contribution in [1.82, 2.24) is 0 Å². The van der Waals surface area contributed by atoms with Crippen LogP contribution in [0.5, 0.6) is 0 Å². The first-order valence-electron chi connectivity index (χ1n) is 6.15. The number of nitrogens with zero attached hydrogens (tertiary/aromatic N) is 1. The van der Waals surface area contributed by atoms with Crippen LogP contribution in [0.3, 0.4) is 0 Å². The van der Waals surface area contributed by atoms with Crippen LogP contribution < -0.4 is 5.32 Å². The molecule has 1 rings (SSSR count). The lowest BCUT2D eigenvalue weighted by Crippen LogP contribution is -2.07. The van der Waals surface area contributed by atoms with E-state index in [4.69, 9.17) is 0 Å². The summed E-state index contributed by atoms with van der Waals surface area (Å²) in [6.07, 6.45) is 0. The van der Waals surface area contributed by atoms with Crippen molar-refractivity contribution in [3.63, 3.8) is 0 Å². The second kappa shape index (κ2) is 6.64. The normalized spacial score (nSPS) is 12.5. The molecule has 0 aliphatic rings. The van der Waals surface area contributed by atoms with Crippen LogP contribution in [-0.2, 0) is 0 Å². The Hall–Kier alpha value is -1.23. The number of hydrogen-bond donors (Lipinski definition) is 1. The molecule has 0 aliphatic carbocycles. The Balaban J connectivity index is 3.10. The van der Waals surface area contributed by atoms with Crippen molar-refractivity contribution >= 4 is 23.1 Å². The van der Waals surface area contributed by atoms with Gasteiger partial charge in [-0.05, 0) is 25.0 Å². The molecule has 100 valence electrons. The van der Waals surface area contributed by atoms with E-state index in [2.05, 4.69) is 26.1 Å². The van der Waals surface area contributed by atoms with Crippen molar-refractivity contribution in [1.29, 1.82) is 0 Å². The lowest BCUT2D eigenvalue weighted by atomic mass is 10.2. The zero-order chi connectivity index (χ0) is 13.7. The molecule has 0 amide bonds. The maximum Gasteiger partial charge on any atom is 0.305 e. The lowest BCUT2D eigenvalue weighted by Gasteiger charge is -2.16. The molecule has 0 saturated heterocycles. The summed E-state index contributed by atoms with van der Waals surface area (Å²) in [5, 5.41) is 14.6. The van der Waals surface area contributed by atoms with Gasteiger partial charge in [-0.15, -0.1) is 11.8 Å². The number of anilines is 1. The molecule has 0 bridgehead atoms. The number of para-hydroxylation sites is 1. The molecule has 0 heterocycles. The Labute approximate surface area is 112 Å². The molecule has 0 saturated carbocycles. The van der Waals surface area contributed by atoms with Gasteiger partial charge >= 0.3 is 5.69 Å². The first kappa shape index (κ1) is 14.8. The summed E-state index contributed by atoms with van der Waals surface area (Å²) in [5.74, 6) is 0.484. The largest absolute Gasteiger partial charge is 0.380 e. The fourth-order valence-corrected chi connectivity index (χ4v) is 2.60. The van der Waals surface area contributed by atoms with E-state index in [1.165, 1.54) is 0 Å². The molecular weight excluding hydrogens is 248 g/mol. The van der Waals surface area contributed by atoms with Gasteiger partial charge in [0.15, 0.2) is 0 Å². The van der Waals surface area contributed by atoms with Crippen LogP contribution in [0.1, 0.15) is 27.7 Å². The van der Waals surface area contributed by atoms with Gasteiger partial charge in [0.25, 0.3) is 0 Å². The fourth-order valence-electron chi connectivity index (χ4n) is 1.48. The summed E-state index contributed by atoms with van der Waals surface area (Å²) < 4.78 is 0. The van der Waals surface area contributed by atoms with Crippen LogP contribution in [0.4, 0.5) is 11.4 Å². The fraction of sp³-hybridized carbons (Fsp3) is 0.538. The number of nitro benzene ring substituents is 1. The lowest BCUT2D eigenvalue weighted by molar-refractivity contribution is -0.386. The Morgan fingerprint density at radius 1 is 1.39 bits per heavy atom. The summed E-state index contributed by atoms with van der Waals surface area (Å²) in [6.45, 7) is 8.95. The Bertz CT molecular complexity index is 421. The number of benzene rings is 1. The molecule has 0 aliphatic heterocycles. The molecule has 1 unspecified atom stereocenters. The molecular formula is C13H20N2O2S. The minimum absolute atomic E-state index is 0.192. The molecule has 1 N–H and O–H groups in total. The Morgan fingerprint density at radius 2 is 2.06 bits per heavy atom. The van der Waals surface area contributed by atoms with E-state index >= 15 is 0 Å². The van der Waals surface area contributed by atoms with Crippen molar-refractivity contribution in [3.05, 3.63) is 28.3 Å². The summed E-state index contributed by atoms with van der Waals surface area (Å²) >= 11 is 1.56. The van der Waals surface area contributed by atoms with Gasteiger partial charge in [0.1, 0.15) is 5.69 Å². The topological polar surface area (TPSA) is 55.2 Å². The van der Waals surface area contributed by atoms with Gasteiger partial charge in [-0.2, -0.15) is 0 Å². The number of thioether (sulfide) groups is 1. The predicted octanol–water partition coefficient (Wildman–Crippen LogP) is 4.16. The van der Waals surface area contributed by atoms with Crippen LogP contribution in [0.25, 0.3) is 0 Å². The van der Waals surface area contributed by atoms with E-state index in [1.807, 2.05) is 19.1 Å². The highest BCUT2D eigenvalue weighted by atomic mass is 32.2. The SMILES string of the molecule is CCNc1cccc(SC(C)C(C)C)c1[N+](=O)[O-]. The number of nitro groups is 1. The van der Waals surface area contributed by atoms with Crippen molar-refractivity contribution in [2.24, 2.45) is 5.92 Å². The maximum absolute atomic E-state index is 11.2. The van der Waals surface area contributed by atoms with E-state index in [9.17, 15) is 10.1 Å². The summed E-state index contributed by atoms with van der Waals surface area (Å²) in [7, 11) is 0. The summed E-state index contributed by atoms with van der Waals surface area (Å²) in [5.41, 5.74) is 0.792. The van der Waals surface area contributed by atoms with Crippen LogP contribution >= 0.6 is 11.8 Å². The monoisotopic (exact) mass is 268 g/mol. The number of rotatable bonds is 6. The molecule has 1 aromatic rings. The minimum Gasteiger partial charge on any atom is -0.380 e. The zero-order valence-electron chi connectivity index (χ0n) is 11.3. The second-order valence-electron chi connectivity index (χ2n) is 4.51. The third-order valence-electron chi connectivity index (χ3n) is 2.80. The first-order valence-corrected chi connectivity index (χ1v) is 7.03. The molecule has 4 nitrogen and oxygen atoms in total. The van der Waals surface area contributed by atoms with Gasteiger partial charge < -0.3 is 5.32 Å². The standard InChI is InChI=1S/C13H20N2O2S/c1-5-14-11-7-6-8-12(13(11)15(16)17)18-10(4)9(2)3/h6-10,14H,5H2,1-4H3. The molecule has 0 spiro atoms. The average molecular weight is 268 g/mol. The third kappa shape index (κ3) is 3.63. The van der Waals surface area contributed by atoms with Crippen molar-refractivity contribution in [3.8, 4) is 0 Å². The number of hydrogen-bond acceptors (Lipinski definition) is 4. The van der Waals surface area contributed by atoms with E-state index in [1.54, 1.807) is 17.8 Å². The highest BCUT2D eigenvalue weighted by Crippen LogP contribution is 2.38. The predicted molar refractivity (Wildman–Crippen MR) is 77.4 cm³/mol. The zero-order valence-corrected chi connectivity index (χ0v) is 12.1. The van der Waals surface area contributed by atoms with E-state index in [0.717, 1.165) is 4.90 Å². The van der Waals surface area contributed by atoms with Crippen molar-refractivity contribution in [2.75, 3.05) is 11.9 Å². The third-order valence-corrected chi connectivity index (χ3v) is 4.30. The van der Waals surface area contributed by atoms with Gasteiger partial charge in [0.05, 0.1) is 9.82 Å². The maximum atomic E-state index is 11.2. The van der Waals surface area contributed by atoms with Gasteiger partial charge in [-0.3, -0.25) is 10.1 Å². The molecule has 1 aromatic carbocycles. The van der Waals surface area contributed by atoms with Gasteiger partial charge in [-0.25, -0.2) is 0 Å². The Kier molecular flexibility index (Phi) is 5.47. The molecule has 1 atom stereocenters. The van der Waals surface area contributed by atoms with Crippen LogP contribution in [-0.4, -0.2) is 16.7 Å².